The predicted molar refractivity (Wildman–Crippen MR) is 51.5 cm³/mol. The summed E-state index contributed by atoms with van der Waals surface area (Å²) in [5.41, 5.74) is 5.85. The first kappa shape index (κ1) is 8.99. The van der Waals surface area contributed by atoms with E-state index in [1.54, 1.807) is 0 Å². The summed E-state index contributed by atoms with van der Waals surface area (Å²) in [6.45, 7) is 4.57. The lowest BCUT2D eigenvalue weighted by Gasteiger charge is -2.13. The number of hydrogen-bond donors (Lipinski definition) is 0. The zero-order chi connectivity index (χ0) is 6.78. The summed E-state index contributed by atoms with van der Waals surface area (Å²) in [6.07, 6.45) is 4.35. The fourth-order valence-corrected chi connectivity index (χ4v) is 12.7. The van der Waals surface area contributed by atoms with Gasteiger partial charge in [-0.05, 0) is 33.3 Å². The average Bonchev–Trinajstić information content (AvgIpc) is 1.21. The van der Waals surface area contributed by atoms with Gasteiger partial charge >= 0.3 is 0 Å². The molecule has 0 fully saturated rings. The van der Waals surface area contributed by atoms with Crippen molar-refractivity contribution in [3.05, 3.63) is 0 Å². The summed E-state index contributed by atoms with van der Waals surface area (Å²) >= 11 is 0. The molecule has 0 aliphatic heterocycles. The lowest BCUT2D eigenvalue weighted by molar-refractivity contribution is 2.29. The van der Waals surface area contributed by atoms with Crippen molar-refractivity contribution >= 4 is 24.1 Å². The number of hydrogen-bond acceptors (Lipinski definition) is 0. The molecule has 0 spiro atoms. The van der Waals surface area contributed by atoms with Crippen molar-refractivity contribution in [3.63, 3.8) is 0 Å². The largest absolute Gasteiger partial charge is 0.176 e. The monoisotopic (exact) mass is 168 g/mol. The summed E-state index contributed by atoms with van der Waals surface area (Å²) in [5.74, 6) is 0. The van der Waals surface area contributed by atoms with Gasteiger partial charge in [0.25, 0.3) is 0 Å². The molecule has 0 aliphatic rings. The minimum absolute atomic E-state index is 0.251. The van der Waals surface area contributed by atoms with Gasteiger partial charge in [0, 0.05) is 0 Å². The maximum absolute atomic E-state index is 5.85. The minimum Gasteiger partial charge on any atom is -0.176 e. The van der Waals surface area contributed by atoms with Crippen molar-refractivity contribution in [2.24, 2.45) is 0 Å². The minimum atomic E-state index is -0.667. The molecular weight excluding hydrogens is 154 g/mol. The third-order valence-electron chi connectivity index (χ3n) is 0.418. The third-order valence-corrected chi connectivity index (χ3v) is 11.3. The Morgan fingerprint density at radius 3 is 1.75 bits per heavy atom. The van der Waals surface area contributed by atoms with Gasteiger partial charge in [-0.25, -0.2) is 0 Å². The second-order valence-corrected chi connectivity index (χ2v) is 15.2. The second kappa shape index (κ2) is 3.23. The van der Waals surface area contributed by atoms with E-state index < -0.39 is 9.06 Å². The first-order valence-electron chi connectivity index (χ1n) is 2.37. The van der Waals surface area contributed by atoms with Crippen LogP contribution in [0.15, 0.2) is 0 Å². The highest BCUT2D eigenvalue weighted by Gasteiger charge is 1.96. The molecule has 1 atom stereocenters. The Labute approximate surface area is 56.2 Å². The number of rotatable bonds is 1. The molecule has 3 heteroatoms. The second-order valence-electron chi connectivity index (χ2n) is 2.39. The van der Waals surface area contributed by atoms with Crippen LogP contribution in [0, 0.1) is 5.69 Å². The molecular formula is C5H14P2S. The highest BCUT2D eigenvalue weighted by atomic mass is 32.9. The van der Waals surface area contributed by atoms with E-state index in [1.165, 1.54) is 0 Å². The highest BCUT2D eigenvalue weighted by Crippen LogP contribution is 2.65. The average molecular weight is 168 g/mol. The lowest BCUT2D eigenvalue weighted by atomic mass is 11.9. The topological polar surface area (TPSA) is 0 Å². The molecule has 0 rings (SSSR count). The molecule has 0 saturated carbocycles. The normalized spacial score (nSPS) is 14.0. The fourth-order valence-electron chi connectivity index (χ4n) is 0.471. The molecule has 0 amide bonds. The summed E-state index contributed by atoms with van der Waals surface area (Å²) in [5, 5.41) is 0. The molecule has 8 heavy (non-hydrogen) atoms. The highest BCUT2D eigenvalue weighted by molar-refractivity contribution is 8.80. The Kier molecular flexibility index (Phi) is 3.63. The summed E-state index contributed by atoms with van der Waals surface area (Å²) < 4.78 is 0. The van der Waals surface area contributed by atoms with Gasteiger partial charge in [0.2, 0.25) is 0 Å². The Morgan fingerprint density at radius 2 is 1.75 bits per heavy atom. The van der Waals surface area contributed by atoms with Crippen molar-refractivity contribution in [2.45, 2.75) is 0 Å². The van der Waals surface area contributed by atoms with E-state index in [9.17, 15) is 0 Å². The zero-order valence-electron chi connectivity index (χ0n) is 5.93. The molecule has 0 heterocycles. The molecule has 0 aliphatic carbocycles. The van der Waals surface area contributed by atoms with Crippen molar-refractivity contribution < 1.29 is 0 Å². The molecule has 0 saturated heterocycles. The van der Waals surface area contributed by atoms with Crippen LogP contribution in [0.5, 0.6) is 0 Å². The lowest BCUT2D eigenvalue weighted by Crippen LogP contribution is -1.62. The van der Waals surface area contributed by atoms with E-state index >= 15 is 0 Å². The van der Waals surface area contributed by atoms with Crippen LogP contribution in [0.1, 0.15) is 0 Å². The molecule has 0 aromatic rings. The zero-order valence-corrected chi connectivity index (χ0v) is 8.64. The summed E-state index contributed by atoms with van der Waals surface area (Å²) in [7, 11) is 0.608. The smallest absolute Gasteiger partial charge is 0.0218 e. The molecule has 0 aromatic heterocycles. The van der Waals surface area contributed by atoms with Gasteiger partial charge in [-0.2, -0.15) is 9.06 Å². The maximum atomic E-state index is 5.85. The van der Waals surface area contributed by atoms with Gasteiger partial charge in [-0.1, -0.05) is 7.61 Å². The Bertz CT molecular complexity index is 143. The van der Waals surface area contributed by atoms with Crippen LogP contribution < -0.4 is 0 Å². The molecule has 0 radical (unpaired) electrons. The van der Waals surface area contributed by atoms with E-state index in [4.69, 9.17) is 5.69 Å². The molecule has 0 N–H and O–H groups in total. The van der Waals surface area contributed by atoms with E-state index in [1.807, 2.05) is 0 Å². The van der Waals surface area contributed by atoms with Crippen LogP contribution >= 0.6 is 24.1 Å². The summed E-state index contributed by atoms with van der Waals surface area (Å²) in [6, 6.07) is 0. The molecule has 0 nitrogen and oxygen atoms in total. The van der Waals surface area contributed by atoms with Crippen LogP contribution in [0.2, 0.25) is 0 Å². The standard InChI is InChI=1S/C5H14P2S/c1-7(2)6-8(3,4)5/h3,6H,1-2,4-5H3. The first-order valence-corrected chi connectivity index (χ1v) is 9.69. The third kappa shape index (κ3) is 6.99. The van der Waals surface area contributed by atoms with Crippen molar-refractivity contribution in [2.75, 3.05) is 25.8 Å². The van der Waals surface area contributed by atoms with Gasteiger partial charge in [0.05, 0.1) is 0 Å². The molecule has 1 unspecified atom stereocenters. The van der Waals surface area contributed by atoms with Crippen LogP contribution in [-0.4, -0.2) is 25.8 Å². The van der Waals surface area contributed by atoms with Gasteiger partial charge in [0.1, 0.15) is 0 Å². The predicted octanol–water partition coefficient (Wildman–Crippen LogP) is 2.89. The maximum Gasteiger partial charge on any atom is -0.0218 e. The Morgan fingerprint density at radius 1 is 1.38 bits per heavy atom. The van der Waals surface area contributed by atoms with Crippen LogP contribution in [0.25, 0.3) is 0 Å². The van der Waals surface area contributed by atoms with Crippen molar-refractivity contribution in [3.8, 4) is 5.69 Å². The van der Waals surface area contributed by atoms with Crippen molar-refractivity contribution in [1.29, 1.82) is 0 Å². The van der Waals surface area contributed by atoms with Crippen LogP contribution in [0.3, 0.4) is 0 Å². The SMILES string of the molecule is C#S(C)(C)PP(C)C. The van der Waals surface area contributed by atoms with Crippen molar-refractivity contribution in [1.82, 2.24) is 0 Å². The first-order chi connectivity index (χ1) is 3.42. The van der Waals surface area contributed by atoms with Gasteiger partial charge in [-0.3, -0.25) is 0 Å². The Balaban J connectivity index is 3.63. The summed E-state index contributed by atoms with van der Waals surface area (Å²) in [4.78, 5) is 0. The van der Waals surface area contributed by atoms with Gasteiger partial charge < -0.3 is 0 Å². The van der Waals surface area contributed by atoms with Crippen LogP contribution in [-0.2, 0) is 0 Å². The quantitative estimate of drug-likeness (QED) is 0.528. The van der Waals surface area contributed by atoms with Gasteiger partial charge in [0.15, 0.2) is 0 Å². The molecule has 0 aromatic carbocycles. The van der Waals surface area contributed by atoms with E-state index in [0.717, 1.165) is 7.47 Å². The van der Waals surface area contributed by atoms with E-state index in [2.05, 4.69) is 25.8 Å². The molecule has 50 valence electrons. The van der Waals surface area contributed by atoms with Gasteiger partial charge in [-0.15, -0.1) is 5.69 Å². The van der Waals surface area contributed by atoms with E-state index in [-0.39, 0.29) is 7.61 Å². The van der Waals surface area contributed by atoms with Crippen LogP contribution in [0.4, 0.5) is 0 Å². The Hall–Kier alpha value is 0.990. The molecule has 0 bridgehead atoms. The van der Waals surface area contributed by atoms with E-state index in [0.29, 0.717) is 0 Å². The fraction of sp³-hybridized carbons (Fsp3) is 0.800.